The molecular formula is C17H22BrN5O. The maximum absolute atomic E-state index is 12.2. The summed E-state index contributed by atoms with van der Waals surface area (Å²) in [5.41, 5.74) is 0.815. The van der Waals surface area contributed by atoms with Gasteiger partial charge in [-0.3, -0.25) is 9.69 Å². The highest BCUT2D eigenvalue weighted by Crippen LogP contribution is 2.21. The highest BCUT2D eigenvalue weighted by molar-refractivity contribution is 9.10. The van der Waals surface area contributed by atoms with Crippen LogP contribution >= 0.6 is 15.9 Å². The second kappa shape index (κ2) is 7.92. The summed E-state index contributed by atoms with van der Waals surface area (Å²) in [6, 6.07) is 7.85. The number of piperazine rings is 1. The van der Waals surface area contributed by atoms with Gasteiger partial charge in [0.2, 0.25) is 5.91 Å². The van der Waals surface area contributed by atoms with Crippen molar-refractivity contribution in [3.05, 3.63) is 47.0 Å². The third-order valence-electron chi connectivity index (χ3n) is 4.25. The summed E-state index contributed by atoms with van der Waals surface area (Å²) in [6.07, 6.45) is 4.25. The van der Waals surface area contributed by atoms with Gasteiger partial charge in [-0.05, 0) is 18.2 Å². The molecule has 7 heteroatoms. The number of imidazole rings is 1. The topological polar surface area (TPSA) is 62.2 Å². The van der Waals surface area contributed by atoms with Gasteiger partial charge < -0.3 is 15.2 Å². The van der Waals surface area contributed by atoms with E-state index in [1.807, 2.05) is 48.3 Å². The molecule has 1 atom stereocenters. The van der Waals surface area contributed by atoms with Gasteiger partial charge in [0.25, 0.3) is 0 Å². The normalized spacial score (nSPS) is 18.5. The van der Waals surface area contributed by atoms with Crippen LogP contribution in [0.25, 0.3) is 0 Å². The van der Waals surface area contributed by atoms with E-state index in [1.54, 1.807) is 0 Å². The lowest BCUT2D eigenvalue weighted by molar-refractivity contribution is -0.116. The van der Waals surface area contributed by atoms with Gasteiger partial charge in [-0.25, -0.2) is 4.98 Å². The summed E-state index contributed by atoms with van der Waals surface area (Å²) in [5.74, 6) is 1.07. The lowest BCUT2D eigenvalue weighted by atomic mass is 10.1. The maximum atomic E-state index is 12.2. The summed E-state index contributed by atoms with van der Waals surface area (Å²) >= 11 is 3.41. The first kappa shape index (κ1) is 17.1. The SMILES string of the molecule is Cn1ccnc1C1CNCCN1CCC(=O)Nc1cccc(Br)c1. The van der Waals surface area contributed by atoms with Crippen molar-refractivity contribution in [1.29, 1.82) is 0 Å². The Morgan fingerprint density at radius 2 is 2.38 bits per heavy atom. The monoisotopic (exact) mass is 391 g/mol. The Hall–Kier alpha value is -1.70. The number of carbonyl (C=O) groups excluding carboxylic acids is 1. The molecule has 0 saturated carbocycles. The molecule has 1 aliphatic heterocycles. The van der Waals surface area contributed by atoms with Crippen LogP contribution in [0.4, 0.5) is 5.69 Å². The zero-order valence-electron chi connectivity index (χ0n) is 13.7. The van der Waals surface area contributed by atoms with Crippen LogP contribution in [0.15, 0.2) is 41.1 Å². The molecule has 2 heterocycles. The number of carbonyl (C=O) groups is 1. The molecule has 0 radical (unpaired) electrons. The molecule has 6 nitrogen and oxygen atoms in total. The molecule has 0 aliphatic carbocycles. The largest absolute Gasteiger partial charge is 0.337 e. The zero-order chi connectivity index (χ0) is 16.9. The van der Waals surface area contributed by atoms with E-state index in [-0.39, 0.29) is 11.9 Å². The van der Waals surface area contributed by atoms with E-state index in [2.05, 4.69) is 36.4 Å². The third-order valence-corrected chi connectivity index (χ3v) is 4.74. The van der Waals surface area contributed by atoms with Crippen LogP contribution < -0.4 is 10.6 Å². The quantitative estimate of drug-likeness (QED) is 0.819. The van der Waals surface area contributed by atoms with Crippen LogP contribution in [0, 0.1) is 0 Å². The van der Waals surface area contributed by atoms with Crippen molar-refractivity contribution in [2.45, 2.75) is 12.5 Å². The number of aromatic nitrogens is 2. The van der Waals surface area contributed by atoms with E-state index >= 15 is 0 Å². The Bertz CT molecular complexity index is 702. The van der Waals surface area contributed by atoms with Gasteiger partial charge in [0.05, 0.1) is 6.04 Å². The smallest absolute Gasteiger partial charge is 0.225 e. The lowest BCUT2D eigenvalue weighted by Gasteiger charge is -2.35. The first-order valence-corrected chi connectivity index (χ1v) is 8.90. The molecule has 0 bridgehead atoms. The van der Waals surface area contributed by atoms with Crippen molar-refractivity contribution >= 4 is 27.5 Å². The third kappa shape index (κ3) is 4.23. The van der Waals surface area contributed by atoms with Crippen molar-refractivity contribution in [2.24, 2.45) is 7.05 Å². The molecule has 24 heavy (non-hydrogen) atoms. The van der Waals surface area contributed by atoms with Gasteiger partial charge in [-0.2, -0.15) is 0 Å². The average molecular weight is 392 g/mol. The Morgan fingerprint density at radius 3 is 3.12 bits per heavy atom. The van der Waals surface area contributed by atoms with Crippen LogP contribution in [0.1, 0.15) is 18.3 Å². The second-order valence-corrected chi connectivity index (χ2v) is 6.88. The zero-order valence-corrected chi connectivity index (χ0v) is 15.3. The van der Waals surface area contributed by atoms with Crippen LogP contribution in [-0.4, -0.2) is 46.5 Å². The standard InChI is InChI=1S/C17H22BrN5O/c1-22-9-7-20-17(22)15-12-19-6-10-23(15)8-5-16(24)21-14-4-2-3-13(18)11-14/h2-4,7,9,11,15,19H,5-6,8,10,12H2,1H3,(H,21,24). The van der Waals surface area contributed by atoms with Crippen LogP contribution in [0.5, 0.6) is 0 Å². The fourth-order valence-corrected chi connectivity index (χ4v) is 3.40. The fourth-order valence-electron chi connectivity index (χ4n) is 3.00. The molecule has 1 saturated heterocycles. The minimum absolute atomic E-state index is 0.0326. The fraction of sp³-hybridized carbons (Fsp3) is 0.412. The first-order valence-electron chi connectivity index (χ1n) is 8.11. The number of anilines is 1. The minimum Gasteiger partial charge on any atom is -0.337 e. The first-order chi connectivity index (χ1) is 11.6. The Morgan fingerprint density at radius 1 is 1.50 bits per heavy atom. The molecule has 3 rings (SSSR count). The van der Waals surface area contributed by atoms with Crippen LogP contribution in [-0.2, 0) is 11.8 Å². The van der Waals surface area contributed by atoms with E-state index in [0.717, 1.165) is 42.2 Å². The van der Waals surface area contributed by atoms with Gasteiger partial charge in [-0.1, -0.05) is 22.0 Å². The molecule has 1 unspecified atom stereocenters. The van der Waals surface area contributed by atoms with Crippen molar-refractivity contribution in [1.82, 2.24) is 19.8 Å². The Kier molecular flexibility index (Phi) is 5.65. The van der Waals surface area contributed by atoms with Gasteiger partial charge in [0, 0.05) is 62.2 Å². The van der Waals surface area contributed by atoms with Gasteiger partial charge in [0.15, 0.2) is 0 Å². The molecule has 2 aromatic rings. The number of aryl methyl sites for hydroxylation is 1. The van der Waals surface area contributed by atoms with Gasteiger partial charge >= 0.3 is 0 Å². The molecule has 128 valence electrons. The van der Waals surface area contributed by atoms with E-state index in [0.29, 0.717) is 6.42 Å². The Labute approximate surface area is 150 Å². The van der Waals surface area contributed by atoms with Gasteiger partial charge in [0.1, 0.15) is 5.82 Å². The number of hydrogen-bond donors (Lipinski definition) is 2. The number of amides is 1. The van der Waals surface area contributed by atoms with Crippen LogP contribution in [0.3, 0.4) is 0 Å². The number of nitrogens with one attached hydrogen (secondary N) is 2. The van der Waals surface area contributed by atoms with Crippen LogP contribution in [0.2, 0.25) is 0 Å². The van der Waals surface area contributed by atoms with E-state index < -0.39 is 0 Å². The molecule has 1 aromatic carbocycles. The number of halogens is 1. The summed E-state index contributed by atoms with van der Waals surface area (Å²) in [6.45, 7) is 3.44. The predicted molar refractivity (Wildman–Crippen MR) is 97.8 cm³/mol. The molecule has 1 amide bonds. The van der Waals surface area contributed by atoms with E-state index in [1.165, 1.54) is 0 Å². The maximum Gasteiger partial charge on any atom is 0.225 e. The summed E-state index contributed by atoms with van der Waals surface area (Å²) in [4.78, 5) is 19.0. The van der Waals surface area contributed by atoms with Gasteiger partial charge in [-0.15, -0.1) is 0 Å². The molecular weight excluding hydrogens is 370 g/mol. The number of rotatable bonds is 5. The summed E-state index contributed by atoms with van der Waals surface area (Å²) in [7, 11) is 2.01. The molecule has 0 spiro atoms. The average Bonchev–Trinajstić information content (AvgIpc) is 2.99. The minimum atomic E-state index is 0.0326. The number of benzene rings is 1. The summed E-state index contributed by atoms with van der Waals surface area (Å²) in [5, 5.41) is 6.36. The van der Waals surface area contributed by atoms with Crippen molar-refractivity contribution in [2.75, 3.05) is 31.5 Å². The molecule has 1 aromatic heterocycles. The highest BCUT2D eigenvalue weighted by Gasteiger charge is 2.26. The second-order valence-electron chi connectivity index (χ2n) is 5.96. The molecule has 2 N–H and O–H groups in total. The number of hydrogen-bond acceptors (Lipinski definition) is 4. The highest BCUT2D eigenvalue weighted by atomic mass is 79.9. The van der Waals surface area contributed by atoms with E-state index in [4.69, 9.17) is 0 Å². The van der Waals surface area contributed by atoms with Crippen molar-refractivity contribution in [3.8, 4) is 0 Å². The summed E-state index contributed by atoms with van der Waals surface area (Å²) < 4.78 is 3.00. The van der Waals surface area contributed by atoms with E-state index in [9.17, 15) is 4.79 Å². The number of nitrogens with zero attached hydrogens (tertiary/aromatic N) is 3. The lowest BCUT2D eigenvalue weighted by Crippen LogP contribution is -2.47. The molecule has 1 fully saturated rings. The Balaban J connectivity index is 1.58. The van der Waals surface area contributed by atoms with Crippen molar-refractivity contribution < 1.29 is 4.79 Å². The predicted octanol–water partition coefficient (Wildman–Crippen LogP) is 2.16. The van der Waals surface area contributed by atoms with Crippen molar-refractivity contribution in [3.63, 3.8) is 0 Å². The molecule has 1 aliphatic rings.